The van der Waals surface area contributed by atoms with Crippen LogP contribution in [-0.4, -0.2) is 24.2 Å². The molecular weight excluding hydrogens is 370 g/mol. The monoisotopic (exact) mass is 382 g/mol. The molecule has 130 valence electrons. The molecule has 8 heteroatoms. The van der Waals surface area contributed by atoms with Crippen molar-refractivity contribution < 1.29 is 18.3 Å². The van der Waals surface area contributed by atoms with Crippen LogP contribution in [0.4, 0.5) is 8.78 Å². The highest BCUT2D eigenvalue weighted by molar-refractivity contribution is 7.16. The van der Waals surface area contributed by atoms with Crippen molar-refractivity contribution in [2.45, 2.75) is 6.54 Å². The number of benzene rings is 2. The summed E-state index contributed by atoms with van der Waals surface area (Å²) in [5, 5.41) is 0.547. The number of nitrogens with zero attached hydrogens (tertiary/aromatic N) is 2. The SMILES string of the molecule is COCCn1c(=NC(=O)c2c(F)cccc2F)sc2cc(Cl)ccc21. The fourth-order valence-electron chi connectivity index (χ4n) is 2.38. The third kappa shape index (κ3) is 3.63. The summed E-state index contributed by atoms with van der Waals surface area (Å²) in [6, 6.07) is 8.52. The summed E-state index contributed by atoms with van der Waals surface area (Å²) in [6.45, 7) is 0.827. The van der Waals surface area contributed by atoms with Crippen molar-refractivity contribution in [2.24, 2.45) is 4.99 Å². The summed E-state index contributed by atoms with van der Waals surface area (Å²) >= 11 is 7.22. The van der Waals surface area contributed by atoms with Crippen molar-refractivity contribution in [1.82, 2.24) is 4.57 Å². The van der Waals surface area contributed by atoms with Crippen LogP contribution in [0.5, 0.6) is 0 Å². The predicted molar refractivity (Wildman–Crippen MR) is 93.0 cm³/mol. The molecule has 2 aromatic carbocycles. The van der Waals surface area contributed by atoms with Gasteiger partial charge in [-0.3, -0.25) is 4.79 Å². The van der Waals surface area contributed by atoms with Gasteiger partial charge in [0, 0.05) is 18.7 Å². The minimum absolute atomic E-state index is 0.321. The predicted octanol–water partition coefficient (Wildman–Crippen LogP) is 4.02. The molecule has 0 saturated carbocycles. The highest BCUT2D eigenvalue weighted by Crippen LogP contribution is 2.22. The number of carbonyl (C=O) groups excluding carboxylic acids is 1. The van der Waals surface area contributed by atoms with E-state index in [4.69, 9.17) is 16.3 Å². The molecule has 0 atom stereocenters. The standard InChI is InChI=1S/C17H13ClF2N2O2S/c1-24-8-7-22-13-6-5-10(18)9-14(13)25-17(22)21-16(23)15-11(19)3-2-4-12(15)20/h2-6,9H,7-8H2,1H3. The van der Waals surface area contributed by atoms with Crippen molar-refractivity contribution in [3.8, 4) is 0 Å². The maximum Gasteiger partial charge on any atom is 0.285 e. The van der Waals surface area contributed by atoms with Gasteiger partial charge in [-0.15, -0.1) is 0 Å². The summed E-state index contributed by atoms with van der Waals surface area (Å²) in [7, 11) is 1.56. The van der Waals surface area contributed by atoms with Gasteiger partial charge in [-0.05, 0) is 30.3 Å². The fourth-order valence-corrected chi connectivity index (χ4v) is 3.71. The van der Waals surface area contributed by atoms with Gasteiger partial charge in [0.25, 0.3) is 5.91 Å². The van der Waals surface area contributed by atoms with Gasteiger partial charge in [0.2, 0.25) is 0 Å². The van der Waals surface area contributed by atoms with Gasteiger partial charge in [-0.25, -0.2) is 8.78 Å². The molecule has 3 rings (SSSR count). The quantitative estimate of drug-likeness (QED) is 0.684. The van der Waals surface area contributed by atoms with Crippen LogP contribution in [0.25, 0.3) is 10.2 Å². The molecule has 0 N–H and O–H groups in total. The van der Waals surface area contributed by atoms with Crippen LogP contribution in [-0.2, 0) is 11.3 Å². The van der Waals surface area contributed by atoms with E-state index in [1.165, 1.54) is 17.4 Å². The smallest absolute Gasteiger partial charge is 0.285 e. The summed E-state index contributed by atoms with van der Waals surface area (Å²) in [6.07, 6.45) is 0. The molecule has 0 fully saturated rings. The number of methoxy groups -OCH3 is 1. The number of halogens is 3. The molecular formula is C17H13ClF2N2O2S. The average molecular weight is 383 g/mol. The molecule has 0 unspecified atom stereocenters. The molecule has 4 nitrogen and oxygen atoms in total. The zero-order chi connectivity index (χ0) is 18.0. The first-order valence-electron chi connectivity index (χ1n) is 7.32. The summed E-state index contributed by atoms with van der Waals surface area (Å²) in [5.41, 5.74) is 0.142. The van der Waals surface area contributed by atoms with Crippen LogP contribution >= 0.6 is 22.9 Å². The summed E-state index contributed by atoms with van der Waals surface area (Å²) < 4.78 is 35.3. The molecule has 25 heavy (non-hydrogen) atoms. The van der Waals surface area contributed by atoms with E-state index in [2.05, 4.69) is 4.99 Å². The van der Waals surface area contributed by atoms with Gasteiger partial charge >= 0.3 is 0 Å². The van der Waals surface area contributed by atoms with E-state index in [1.807, 2.05) is 0 Å². The maximum absolute atomic E-state index is 13.8. The van der Waals surface area contributed by atoms with E-state index in [9.17, 15) is 13.6 Å². The lowest BCUT2D eigenvalue weighted by Gasteiger charge is -2.04. The van der Waals surface area contributed by atoms with Gasteiger partial charge in [-0.2, -0.15) is 4.99 Å². The minimum Gasteiger partial charge on any atom is -0.383 e. The Morgan fingerprint density at radius 3 is 2.68 bits per heavy atom. The third-order valence-electron chi connectivity index (χ3n) is 3.54. The van der Waals surface area contributed by atoms with Crippen LogP contribution in [0.2, 0.25) is 5.02 Å². The van der Waals surface area contributed by atoms with Crippen LogP contribution in [0.15, 0.2) is 41.4 Å². The molecule has 0 saturated heterocycles. The Morgan fingerprint density at radius 1 is 1.28 bits per heavy atom. The Morgan fingerprint density at radius 2 is 2.00 bits per heavy atom. The third-order valence-corrected chi connectivity index (χ3v) is 4.81. The number of ether oxygens (including phenoxy) is 1. The van der Waals surface area contributed by atoms with E-state index in [-0.39, 0.29) is 0 Å². The van der Waals surface area contributed by atoms with Gasteiger partial charge in [0.1, 0.15) is 17.2 Å². The second kappa shape index (κ2) is 7.43. The van der Waals surface area contributed by atoms with Crippen LogP contribution < -0.4 is 4.80 Å². The summed E-state index contributed by atoms with van der Waals surface area (Å²) in [4.78, 5) is 16.6. The topological polar surface area (TPSA) is 43.6 Å². The number of thiazole rings is 1. The van der Waals surface area contributed by atoms with Crippen molar-refractivity contribution in [2.75, 3.05) is 13.7 Å². The Kier molecular flexibility index (Phi) is 5.27. The second-order valence-corrected chi connectivity index (χ2v) is 6.60. The lowest BCUT2D eigenvalue weighted by Crippen LogP contribution is -2.20. The Bertz CT molecular complexity index is 993. The van der Waals surface area contributed by atoms with Crippen LogP contribution in [0.1, 0.15) is 10.4 Å². The van der Waals surface area contributed by atoms with E-state index < -0.39 is 23.1 Å². The number of aromatic nitrogens is 1. The Balaban J connectivity index is 2.16. The molecule has 0 aliphatic carbocycles. The molecule has 1 amide bonds. The molecule has 1 aromatic heterocycles. The normalized spacial score (nSPS) is 12.1. The molecule has 0 aliphatic rings. The highest BCUT2D eigenvalue weighted by Gasteiger charge is 2.17. The molecule has 3 aromatic rings. The molecule has 1 heterocycles. The van der Waals surface area contributed by atoms with E-state index in [0.29, 0.717) is 23.0 Å². The number of hydrogen-bond donors (Lipinski definition) is 0. The van der Waals surface area contributed by atoms with Gasteiger partial charge in [0.15, 0.2) is 4.80 Å². The van der Waals surface area contributed by atoms with Crippen molar-refractivity contribution in [1.29, 1.82) is 0 Å². The zero-order valence-electron chi connectivity index (χ0n) is 13.1. The highest BCUT2D eigenvalue weighted by atomic mass is 35.5. The minimum atomic E-state index is -0.973. The number of hydrogen-bond acceptors (Lipinski definition) is 3. The largest absolute Gasteiger partial charge is 0.383 e. The Hall–Kier alpha value is -2.09. The first-order chi connectivity index (χ1) is 12.0. The van der Waals surface area contributed by atoms with Crippen molar-refractivity contribution in [3.05, 3.63) is 63.4 Å². The number of fused-ring (bicyclic) bond motifs is 1. The molecule has 0 aliphatic heterocycles. The number of amides is 1. The second-order valence-electron chi connectivity index (χ2n) is 5.15. The van der Waals surface area contributed by atoms with Crippen molar-refractivity contribution >= 4 is 39.1 Å². The maximum atomic E-state index is 13.8. The van der Waals surface area contributed by atoms with E-state index in [1.54, 1.807) is 29.9 Å². The fraction of sp³-hybridized carbons (Fsp3) is 0.176. The lowest BCUT2D eigenvalue weighted by atomic mass is 10.2. The van der Waals surface area contributed by atoms with E-state index >= 15 is 0 Å². The lowest BCUT2D eigenvalue weighted by molar-refractivity contribution is 0.0989. The first-order valence-corrected chi connectivity index (χ1v) is 8.51. The zero-order valence-corrected chi connectivity index (χ0v) is 14.7. The molecule has 0 spiro atoms. The number of carbonyl (C=O) groups is 1. The first kappa shape index (κ1) is 17.7. The molecule has 0 radical (unpaired) electrons. The van der Waals surface area contributed by atoms with Gasteiger partial charge in [-0.1, -0.05) is 29.0 Å². The summed E-state index contributed by atoms with van der Waals surface area (Å²) in [5.74, 6) is -2.86. The van der Waals surface area contributed by atoms with Crippen LogP contribution in [0.3, 0.4) is 0 Å². The van der Waals surface area contributed by atoms with Gasteiger partial charge < -0.3 is 9.30 Å². The van der Waals surface area contributed by atoms with Crippen LogP contribution in [0, 0.1) is 11.6 Å². The van der Waals surface area contributed by atoms with Gasteiger partial charge in [0.05, 0.1) is 16.8 Å². The Labute approximate surface area is 151 Å². The molecule has 0 bridgehead atoms. The average Bonchev–Trinajstić information content (AvgIpc) is 2.88. The number of rotatable bonds is 4. The van der Waals surface area contributed by atoms with Crippen molar-refractivity contribution in [3.63, 3.8) is 0 Å². The van der Waals surface area contributed by atoms with E-state index in [0.717, 1.165) is 22.3 Å².